The Morgan fingerprint density at radius 2 is 2.50 bits per heavy atom. The second-order valence-electron chi connectivity index (χ2n) is 3.62. The third-order valence-corrected chi connectivity index (χ3v) is 3.05. The van der Waals surface area contributed by atoms with Gasteiger partial charge >= 0.3 is 0 Å². The fourth-order valence-electron chi connectivity index (χ4n) is 2.15. The number of ketones is 1. The highest BCUT2D eigenvalue weighted by atomic mass is 16.1. The molecular formula is C9H12O. The molecule has 0 unspecified atom stereocenters. The second-order valence-corrected chi connectivity index (χ2v) is 3.62. The molecule has 2 rings (SSSR count). The minimum atomic E-state index is 0.0139. The van der Waals surface area contributed by atoms with Gasteiger partial charge in [-0.05, 0) is 18.8 Å². The summed E-state index contributed by atoms with van der Waals surface area (Å²) in [5, 5.41) is 0. The van der Waals surface area contributed by atoms with Gasteiger partial charge in [0.2, 0.25) is 0 Å². The highest BCUT2D eigenvalue weighted by Gasteiger charge is 2.45. The normalized spacial score (nSPS) is 44.5. The average Bonchev–Trinajstić information content (AvgIpc) is 2.36. The first kappa shape index (κ1) is 6.14. The Labute approximate surface area is 61.1 Å². The van der Waals surface area contributed by atoms with Gasteiger partial charge in [0.05, 0.1) is 0 Å². The number of hydrogen-bond donors (Lipinski definition) is 0. The molecule has 0 aromatic heterocycles. The van der Waals surface area contributed by atoms with Gasteiger partial charge in [0.15, 0.2) is 0 Å². The quantitative estimate of drug-likeness (QED) is 0.465. The molecule has 0 radical (unpaired) electrons. The number of fused-ring (bicyclic) bond motifs is 1. The number of allylic oxidation sites excluding steroid dienone is 2. The van der Waals surface area contributed by atoms with Crippen LogP contribution < -0.4 is 0 Å². The van der Waals surface area contributed by atoms with Crippen LogP contribution in [-0.2, 0) is 4.79 Å². The van der Waals surface area contributed by atoms with Crippen molar-refractivity contribution in [2.45, 2.75) is 26.2 Å². The summed E-state index contributed by atoms with van der Waals surface area (Å²) < 4.78 is 0. The van der Waals surface area contributed by atoms with Gasteiger partial charge < -0.3 is 0 Å². The summed E-state index contributed by atoms with van der Waals surface area (Å²) in [5.74, 6) is 1.04. The molecule has 1 saturated carbocycles. The molecule has 0 amide bonds. The van der Waals surface area contributed by atoms with E-state index in [1.54, 1.807) is 0 Å². The monoisotopic (exact) mass is 136 g/mol. The molecule has 0 N–H and O–H groups in total. The molecule has 1 heteroatoms. The summed E-state index contributed by atoms with van der Waals surface area (Å²) in [4.78, 5) is 11.3. The van der Waals surface area contributed by atoms with Crippen LogP contribution in [0.25, 0.3) is 0 Å². The van der Waals surface area contributed by atoms with Crippen molar-refractivity contribution in [1.82, 2.24) is 0 Å². The van der Waals surface area contributed by atoms with E-state index in [0.29, 0.717) is 11.7 Å². The lowest BCUT2D eigenvalue weighted by atomic mass is 9.81. The van der Waals surface area contributed by atoms with E-state index in [1.807, 2.05) is 0 Å². The zero-order valence-corrected chi connectivity index (χ0v) is 6.26. The largest absolute Gasteiger partial charge is 0.299 e. The summed E-state index contributed by atoms with van der Waals surface area (Å²) in [6, 6.07) is 0. The minimum absolute atomic E-state index is 0.0139. The topological polar surface area (TPSA) is 17.1 Å². The van der Waals surface area contributed by atoms with E-state index < -0.39 is 0 Å². The molecule has 54 valence electrons. The van der Waals surface area contributed by atoms with Gasteiger partial charge in [-0.2, -0.15) is 0 Å². The van der Waals surface area contributed by atoms with Crippen LogP contribution >= 0.6 is 0 Å². The Hall–Kier alpha value is -0.590. The van der Waals surface area contributed by atoms with Crippen molar-refractivity contribution in [2.75, 3.05) is 0 Å². The van der Waals surface area contributed by atoms with Crippen LogP contribution in [0.3, 0.4) is 0 Å². The lowest BCUT2D eigenvalue weighted by Gasteiger charge is -2.20. The average molecular weight is 136 g/mol. The fourth-order valence-corrected chi connectivity index (χ4v) is 2.15. The molecule has 1 fully saturated rings. The van der Waals surface area contributed by atoms with Gasteiger partial charge in [0.25, 0.3) is 0 Å². The first-order chi connectivity index (χ1) is 4.73. The predicted octanol–water partition coefficient (Wildman–Crippen LogP) is 1.93. The van der Waals surface area contributed by atoms with Gasteiger partial charge in [0, 0.05) is 11.8 Å². The first-order valence-electron chi connectivity index (χ1n) is 3.93. The summed E-state index contributed by atoms with van der Waals surface area (Å²) in [5.41, 5.74) is 0.0139. The van der Waals surface area contributed by atoms with E-state index in [0.717, 1.165) is 19.3 Å². The Morgan fingerprint density at radius 1 is 1.70 bits per heavy atom. The van der Waals surface area contributed by atoms with Gasteiger partial charge in [-0.3, -0.25) is 4.79 Å². The summed E-state index contributed by atoms with van der Waals surface area (Å²) in [6.45, 7) is 2.10. The molecule has 10 heavy (non-hydrogen) atoms. The molecule has 0 aliphatic heterocycles. The zero-order valence-electron chi connectivity index (χ0n) is 6.26. The highest BCUT2D eigenvalue weighted by Crippen LogP contribution is 2.47. The maximum Gasteiger partial charge on any atom is 0.139 e. The van der Waals surface area contributed by atoms with E-state index in [1.165, 1.54) is 0 Å². The van der Waals surface area contributed by atoms with E-state index in [-0.39, 0.29) is 5.41 Å². The van der Waals surface area contributed by atoms with Crippen molar-refractivity contribution in [3.63, 3.8) is 0 Å². The smallest absolute Gasteiger partial charge is 0.139 e. The maximum atomic E-state index is 11.3. The Morgan fingerprint density at radius 3 is 3.20 bits per heavy atom. The molecule has 0 aromatic carbocycles. The maximum absolute atomic E-state index is 11.3. The number of carbonyl (C=O) groups is 1. The number of hydrogen-bond acceptors (Lipinski definition) is 1. The third kappa shape index (κ3) is 0.556. The van der Waals surface area contributed by atoms with E-state index in [9.17, 15) is 4.79 Å². The van der Waals surface area contributed by atoms with Crippen LogP contribution in [0, 0.1) is 11.3 Å². The molecular weight excluding hydrogens is 124 g/mol. The lowest BCUT2D eigenvalue weighted by molar-refractivity contribution is -0.125. The van der Waals surface area contributed by atoms with E-state index in [2.05, 4.69) is 19.1 Å². The van der Waals surface area contributed by atoms with Gasteiger partial charge in [-0.1, -0.05) is 19.1 Å². The first-order valence-corrected chi connectivity index (χ1v) is 3.93. The fraction of sp³-hybridized carbons (Fsp3) is 0.667. The van der Waals surface area contributed by atoms with Crippen LogP contribution in [-0.4, -0.2) is 5.78 Å². The number of Topliss-reactive ketones (excluding diaryl/α,β-unsaturated/α-hetero) is 1. The number of carbonyl (C=O) groups excluding carboxylic acids is 1. The SMILES string of the molecule is C[C@@]12CC=C[C@@H]1CCC2=O. The summed E-state index contributed by atoms with van der Waals surface area (Å²) >= 11 is 0. The molecule has 2 aliphatic rings. The standard InChI is InChI=1S/C9H12O/c1-9-6-2-3-7(9)4-5-8(9)10/h2-3,7H,4-6H2,1H3/t7-,9-/m1/s1. The van der Waals surface area contributed by atoms with E-state index >= 15 is 0 Å². The van der Waals surface area contributed by atoms with Crippen LogP contribution in [0.5, 0.6) is 0 Å². The van der Waals surface area contributed by atoms with Gasteiger partial charge in [0.1, 0.15) is 5.78 Å². The Balaban J connectivity index is 2.35. The lowest BCUT2D eigenvalue weighted by Crippen LogP contribution is -2.23. The van der Waals surface area contributed by atoms with Crippen molar-refractivity contribution in [3.05, 3.63) is 12.2 Å². The van der Waals surface area contributed by atoms with Crippen LogP contribution in [0.1, 0.15) is 26.2 Å². The van der Waals surface area contributed by atoms with Gasteiger partial charge in [-0.25, -0.2) is 0 Å². The van der Waals surface area contributed by atoms with Crippen molar-refractivity contribution in [3.8, 4) is 0 Å². The number of rotatable bonds is 0. The van der Waals surface area contributed by atoms with Crippen molar-refractivity contribution in [2.24, 2.45) is 11.3 Å². The molecule has 0 bridgehead atoms. The molecule has 0 saturated heterocycles. The zero-order chi connectivity index (χ0) is 7.19. The van der Waals surface area contributed by atoms with E-state index in [4.69, 9.17) is 0 Å². The predicted molar refractivity (Wildman–Crippen MR) is 39.6 cm³/mol. The summed E-state index contributed by atoms with van der Waals surface area (Å²) in [7, 11) is 0. The van der Waals surface area contributed by atoms with Crippen LogP contribution in [0.2, 0.25) is 0 Å². The second kappa shape index (κ2) is 1.71. The molecule has 1 nitrogen and oxygen atoms in total. The molecule has 0 heterocycles. The Bertz CT molecular complexity index is 205. The van der Waals surface area contributed by atoms with Crippen LogP contribution in [0.15, 0.2) is 12.2 Å². The van der Waals surface area contributed by atoms with Crippen molar-refractivity contribution < 1.29 is 4.79 Å². The molecule has 0 aromatic rings. The van der Waals surface area contributed by atoms with Crippen molar-refractivity contribution in [1.29, 1.82) is 0 Å². The summed E-state index contributed by atoms with van der Waals surface area (Å²) in [6.07, 6.45) is 7.25. The Kier molecular flexibility index (Phi) is 1.05. The van der Waals surface area contributed by atoms with Crippen molar-refractivity contribution >= 4 is 5.78 Å². The molecule has 2 aliphatic carbocycles. The molecule has 2 atom stereocenters. The molecule has 0 spiro atoms. The minimum Gasteiger partial charge on any atom is -0.299 e. The highest BCUT2D eigenvalue weighted by molar-refractivity contribution is 5.88. The van der Waals surface area contributed by atoms with Crippen LogP contribution in [0.4, 0.5) is 0 Å². The van der Waals surface area contributed by atoms with Gasteiger partial charge in [-0.15, -0.1) is 0 Å². The third-order valence-electron chi connectivity index (χ3n) is 3.05.